The Morgan fingerprint density at radius 3 is 2.31 bits per heavy atom. The SMILES string of the molecule is COC1CCN(C2CCCNC2)CC1.Cl.Cl. The van der Waals surface area contributed by atoms with Crippen LogP contribution in [0.3, 0.4) is 0 Å². The zero-order chi connectivity index (χ0) is 9.80. The molecule has 0 saturated carbocycles. The molecule has 0 aromatic rings. The van der Waals surface area contributed by atoms with E-state index in [0.29, 0.717) is 6.10 Å². The average Bonchev–Trinajstić information content (AvgIpc) is 2.30. The first-order valence-corrected chi connectivity index (χ1v) is 5.87. The van der Waals surface area contributed by atoms with Gasteiger partial charge in [-0.2, -0.15) is 0 Å². The highest BCUT2D eigenvalue weighted by Crippen LogP contribution is 2.18. The zero-order valence-corrected chi connectivity index (χ0v) is 11.6. The molecule has 0 aliphatic carbocycles. The molecule has 0 bridgehead atoms. The van der Waals surface area contributed by atoms with E-state index in [-0.39, 0.29) is 24.8 Å². The van der Waals surface area contributed by atoms with Crippen LogP contribution in [0.4, 0.5) is 0 Å². The van der Waals surface area contributed by atoms with Gasteiger partial charge in [-0.3, -0.25) is 4.90 Å². The summed E-state index contributed by atoms with van der Waals surface area (Å²) in [7, 11) is 1.84. The van der Waals surface area contributed by atoms with Crippen LogP contribution in [0.15, 0.2) is 0 Å². The van der Waals surface area contributed by atoms with E-state index in [1.807, 2.05) is 7.11 Å². The first kappa shape index (κ1) is 16.5. The van der Waals surface area contributed by atoms with Crippen molar-refractivity contribution in [3.05, 3.63) is 0 Å². The molecule has 0 radical (unpaired) electrons. The number of halogens is 2. The standard InChI is InChI=1S/C11H22N2O.2ClH/c1-14-11-4-7-13(8-5-11)10-3-2-6-12-9-10;;/h10-12H,2-9H2,1H3;2*1H. The Morgan fingerprint density at radius 1 is 1.12 bits per heavy atom. The Balaban J connectivity index is 0.00000112. The minimum Gasteiger partial charge on any atom is -0.381 e. The number of hydrogen-bond donors (Lipinski definition) is 1. The number of ether oxygens (including phenoxy) is 1. The number of hydrogen-bond acceptors (Lipinski definition) is 3. The molecule has 2 heterocycles. The average molecular weight is 271 g/mol. The van der Waals surface area contributed by atoms with Crippen LogP contribution >= 0.6 is 24.8 Å². The lowest BCUT2D eigenvalue weighted by molar-refractivity contribution is 0.0233. The summed E-state index contributed by atoms with van der Waals surface area (Å²) in [6.07, 6.45) is 5.67. The summed E-state index contributed by atoms with van der Waals surface area (Å²) in [5.41, 5.74) is 0. The van der Waals surface area contributed by atoms with Crippen LogP contribution in [0.2, 0.25) is 0 Å². The van der Waals surface area contributed by atoms with Gasteiger partial charge in [0.2, 0.25) is 0 Å². The van der Waals surface area contributed by atoms with Gasteiger partial charge in [-0.25, -0.2) is 0 Å². The lowest BCUT2D eigenvalue weighted by Crippen LogP contribution is -2.49. The molecule has 2 aliphatic heterocycles. The third-order valence-corrected chi connectivity index (χ3v) is 3.60. The second-order valence-corrected chi connectivity index (χ2v) is 4.47. The smallest absolute Gasteiger partial charge is 0.0595 e. The van der Waals surface area contributed by atoms with Crippen molar-refractivity contribution in [1.82, 2.24) is 10.2 Å². The first-order chi connectivity index (χ1) is 6.90. The van der Waals surface area contributed by atoms with Gasteiger partial charge in [-0.05, 0) is 32.2 Å². The van der Waals surface area contributed by atoms with Crippen LogP contribution in [-0.4, -0.2) is 50.3 Å². The molecule has 1 atom stereocenters. The molecule has 2 fully saturated rings. The minimum absolute atomic E-state index is 0. The monoisotopic (exact) mass is 270 g/mol. The molecular formula is C11H24Cl2N2O. The summed E-state index contributed by atoms with van der Waals surface area (Å²) >= 11 is 0. The number of likely N-dealkylation sites (tertiary alicyclic amines) is 1. The Hall–Kier alpha value is 0.460. The maximum absolute atomic E-state index is 5.38. The topological polar surface area (TPSA) is 24.5 Å². The molecule has 0 amide bonds. The number of piperidine rings is 2. The van der Waals surface area contributed by atoms with E-state index in [1.165, 1.54) is 51.9 Å². The molecule has 5 heteroatoms. The van der Waals surface area contributed by atoms with Gasteiger partial charge in [0.05, 0.1) is 6.10 Å². The minimum atomic E-state index is 0. The molecule has 2 rings (SSSR count). The predicted molar refractivity (Wildman–Crippen MR) is 72.0 cm³/mol. The lowest BCUT2D eigenvalue weighted by Gasteiger charge is -2.39. The van der Waals surface area contributed by atoms with Gasteiger partial charge in [0, 0.05) is 32.8 Å². The normalized spacial score (nSPS) is 27.9. The van der Waals surface area contributed by atoms with Crippen molar-refractivity contribution in [2.24, 2.45) is 0 Å². The fourth-order valence-electron chi connectivity index (χ4n) is 2.62. The molecule has 0 spiro atoms. The van der Waals surface area contributed by atoms with Crippen LogP contribution in [0.1, 0.15) is 25.7 Å². The van der Waals surface area contributed by atoms with Gasteiger partial charge in [-0.15, -0.1) is 24.8 Å². The molecule has 1 unspecified atom stereocenters. The van der Waals surface area contributed by atoms with Gasteiger partial charge >= 0.3 is 0 Å². The summed E-state index contributed by atoms with van der Waals surface area (Å²) in [4.78, 5) is 2.64. The third-order valence-electron chi connectivity index (χ3n) is 3.60. The fraction of sp³-hybridized carbons (Fsp3) is 1.00. The summed E-state index contributed by atoms with van der Waals surface area (Å²) in [5.74, 6) is 0. The largest absolute Gasteiger partial charge is 0.381 e. The van der Waals surface area contributed by atoms with E-state index in [9.17, 15) is 0 Å². The van der Waals surface area contributed by atoms with Gasteiger partial charge < -0.3 is 10.1 Å². The molecular weight excluding hydrogens is 247 g/mol. The molecule has 16 heavy (non-hydrogen) atoms. The van der Waals surface area contributed by atoms with E-state index in [1.54, 1.807) is 0 Å². The van der Waals surface area contributed by atoms with E-state index in [0.717, 1.165) is 6.04 Å². The summed E-state index contributed by atoms with van der Waals surface area (Å²) in [6, 6.07) is 0.793. The van der Waals surface area contributed by atoms with Crippen molar-refractivity contribution in [3.8, 4) is 0 Å². The van der Waals surface area contributed by atoms with Crippen LogP contribution in [0.5, 0.6) is 0 Å². The Kier molecular flexibility index (Phi) is 8.78. The highest BCUT2D eigenvalue weighted by Gasteiger charge is 2.25. The highest BCUT2D eigenvalue weighted by molar-refractivity contribution is 5.85. The molecule has 0 aromatic carbocycles. The van der Waals surface area contributed by atoms with Crippen molar-refractivity contribution >= 4 is 24.8 Å². The Bertz CT molecular complexity index is 169. The van der Waals surface area contributed by atoms with Crippen molar-refractivity contribution in [2.45, 2.75) is 37.8 Å². The van der Waals surface area contributed by atoms with E-state index in [4.69, 9.17) is 4.74 Å². The maximum atomic E-state index is 5.38. The van der Waals surface area contributed by atoms with E-state index < -0.39 is 0 Å². The van der Waals surface area contributed by atoms with Crippen LogP contribution < -0.4 is 5.32 Å². The first-order valence-electron chi connectivity index (χ1n) is 5.87. The molecule has 2 saturated heterocycles. The summed E-state index contributed by atoms with van der Waals surface area (Å²) < 4.78 is 5.38. The van der Waals surface area contributed by atoms with E-state index in [2.05, 4.69) is 10.2 Å². The Labute approximate surface area is 111 Å². The predicted octanol–water partition coefficient (Wildman–Crippen LogP) is 1.69. The van der Waals surface area contributed by atoms with Crippen molar-refractivity contribution < 1.29 is 4.74 Å². The molecule has 1 N–H and O–H groups in total. The highest BCUT2D eigenvalue weighted by atomic mass is 35.5. The zero-order valence-electron chi connectivity index (χ0n) is 9.98. The molecule has 0 aromatic heterocycles. The van der Waals surface area contributed by atoms with Gasteiger partial charge in [0.1, 0.15) is 0 Å². The van der Waals surface area contributed by atoms with Crippen molar-refractivity contribution in [1.29, 1.82) is 0 Å². The fourth-order valence-corrected chi connectivity index (χ4v) is 2.62. The molecule has 3 nitrogen and oxygen atoms in total. The number of methoxy groups -OCH3 is 1. The molecule has 98 valence electrons. The summed E-state index contributed by atoms with van der Waals surface area (Å²) in [6.45, 7) is 4.86. The molecule has 2 aliphatic rings. The van der Waals surface area contributed by atoms with Gasteiger partial charge in [0.15, 0.2) is 0 Å². The van der Waals surface area contributed by atoms with Crippen LogP contribution in [0, 0.1) is 0 Å². The second-order valence-electron chi connectivity index (χ2n) is 4.47. The number of rotatable bonds is 2. The van der Waals surface area contributed by atoms with E-state index >= 15 is 0 Å². The third kappa shape index (κ3) is 4.38. The lowest BCUT2D eigenvalue weighted by atomic mass is 10.0. The van der Waals surface area contributed by atoms with Gasteiger partial charge in [0.25, 0.3) is 0 Å². The van der Waals surface area contributed by atoms with Crippen LogP contribution in [-0.2, 0) is 4.74 Å². The van der Waals surface area contributed by atoms with Crippen LogP contribution in [0.25, 0.3) is 0 Å². The maximum Gasteiger partial charge on any atom is 0.0595 e. The number of nitrogens with zero attached hydrogens (tertiary/aromatic N) is 1. The van der Waals surface area contributed by atoms with Crippen molar-refractivity contribution in [2.75, 3.05) is 33.3 Å². The second kappa shape index (κ2) is 8.54. The van der Waals surface area contributed by atoms with Crippen molar-refractivity contribution in [3.63, 3.8) is 0 Å². The number of nitrogens with one attached hydrogen (secondary N) is 1. The van der Waals surface area contributed by atoms with Gasteiger partial charge in [-0.1, -0.05) is 0 Å². The summed E-state index contributed by atoms with van der Waals surface area (Å²) in [5, 5.41) is 3.48. The quantitative estimate of drug-likeness (QED) is 0.827. The Morgan fingerprint density at radius 2 is 1.81 bits per heavy atom.